The predicted molar refractivity (Wildman–Crippen MR) is 89.5 cm³/mol. The zero-order valence-electron chi connectivity index (χ0n) is 13.8. The molecule has 3 aliphatic rings. The highest BCUT2D eigenvalue weighted by Crippen LogP contribution is 2.37. The number of hydrazine groups is 1. The van der Waals surface area contributed by atoms with Crippen molar-refractivity contribution in [1.82, 2.24) is 15.8 Å². The van der Waals surface area contributed by atoms with E-state index < -0.39 is 5.54 Å². The highest BCUT2D eigenvalue weighted by molar-refractivity contribution is 5.89. The van der Waals surface area contributed by atoms with E-state index in [-0.39, 0.29) is 23.7 Å². The molecule has 0 radical (unpaired) electrons. The summed E-state index contributed by atoms with van der Waals surface area (Å²) in [7, 11) is 0. The van der Waals surface area contributed by atoms with Gasteiger partial charge in [-0.1, -0.05) is 12.1 Å². The van der Waals surface area contributed by atoms with E-state index in [0.29, 0.717) is 5.92 Å². The van der Waals surface area contributed by atoms with Crippen LogP contribution in [0.2, 0.25) is 0 Å². The molecule has 2 saturated heterocycles. The first-order chi connectivity index (χ1) is 11.6. The fraction of sp³-hybridized carbons (Fsp3) is 0.611. The van der Waals surface area contributed by atoms with E-state index in [9.17, 15) is 9.18 Å². The summed E-state index contributed by atoms with van der Waals surface area (Å²) in [6, 6.07) is 7.17. The number of hydrogen-bond acceptors (Lipinski definition) is 4. The number of benzene rings is 1. The molecule has 0 aromatic heterocycles. The minimum atomic E-state index is -0.565. The number of halogens is 1. The number of amides is 1. The van der Waals surface area contributed by atoms with Crippen LogP contribution in [0.1, 0.15) is 37.2 Å². The number of nitrogens with zero attached hydrogens (tertiary/aromatic N) is 1. The Kier molecular flexibility index (Phi) is 4.06. The quantitative estimate of drug-likeness (QED) is 0.776. The smallest absolute Gasteiger partial charge is 0.242 e. The zero-order valence-corrected chi connectivity index (χ0v) is 13.8. The van der Waals surface area contributed by atoms with E-state index in [0.717, 1.165) is 50.9 Å². The third-order valence-electron chi connectivity index (χ3n) is 5.85. The van der Waals surface area contributed by atoms with E-state index in [4.69, 9.17) is 5.73 Å². The van der Waals surface area contributed by atoms with Gasteiger partial charge in [0.25, 0.3) is 0 Å². The lowest BCUT2D eigenvalue weighted by atomic mass is 9.80. The summed E-state index contributed by atoms with van der Waals surface area (Å²) in [4.78, 5) is 14.3. The zero-order chi connectivity index (χ0) is 16.7. The minimum Gasteiger partial charge on any atom is -0.341 e. The van der Waals surface area contributed by atoms with Crippen molar-refractivity contribution in [2.75, 3.05) is 19.6 Å². The van der Waals surface area contributed by atoms with Gasteiger partial charge in [-0.05, 0) is 49.3 Å². The van der Waals surface area contributed by atoms with Crippen molar-refractivity contribution in [1.29, 1.82) is 0 Å². The van der Waals surface area contributed by atoms with Crippen LogP contribution in [-0.4, -0.2) is 42.0 Å². The Balaban J connectivity index is 1.40. The Labute approximate surface area is 141 Å². The standard InChI is InChI=1S/C18H25FN4O/c19-14-3-1-2-13(10-14)15-11-21-22-16(15)12-4-8-23(9-5-12)17(24)18(20)6-7-18/h1-3,10,12,15-16,21-22H,4-9,11,20H2. The van der Waals surface area contributed by atoms with Crippen LogP contribution in [0.15, 0.2) is 24.3 Å². The number of rotatable bonds is 3. The largest absolute Gasteiger partial charge is 0.341 e. The van der Waals surface area contributed by atoms with Crippen molar-refractivity contribution in [3.05, 3.63) is 35.6 Å². The average molecular weight is 332 g/mol. The molecule has 130 valence electrons. The molecule has 2 heterocycles. The van der Waals surface area contributed by atoms with Crippen LogP contribution < -0.4 is 16.6 Å². The molecule has 4 rings (SSSR count). The lowest BCUT2D eigenvalue weighted by Crippen LogP contribution is -2.51. The van der Waals surface area contributed by atoms with Crippen LogP contribution in [0.25, 0.3) is 0 Å². The van der Waals surface area contributed by atoms with E-state index in [1.54, 1.807) is 12.1 Å². The van der Waals surface area contributed by atoms with Crippen LogP contribution in [0.3, 0.4) is 0 Å². The van der Waals surface area contributed by atoms with Gasteiger partial charge in [-0.25, -0.2) is 4.39 Å². The van der Waals surface area contributed by atoms with Crippen molar-refractivity contribution in [2.24, 2.45) is 11.7 Å². The van der Waals surface area contributed by atoms with Crippen LogP contribution in [0.4, 0.5) is 4.39 Å². The first-order valence-electron chi connectivity index (χ1n) is 8.89. The maximum Gasteiger partial charge on any atom is 0.242 e. The lowest BCUT2D eigenvalue weighted by molar-refractivity contribution is -0.135. The number of carbonyl (C=O) groups excluding carboxylic acids is 1. The van der Waals surface area contributed by atoms with Gasteiger partial charge in [-0.2, -0.15) is 0 Å². The molecule has 24 heavy (non-hydrogen) atoms. The van der Waals surface area contributed by atoms with Crippen LogP contribution in [0.5, 0.6) is 0 Å². The summed E-state index contributed by atoms with van der Waals surface area (Å²) < 4.78 is 13.6. The molecule has 1 aromatic carbocycles. The molecule has 1 aliphatic carbocycles. The molecule has 2 atom stereocenters. The summed E-state index contributed by atoms with van der Waals surface area (Å²) >= 11 is 0. The first-order valence-corrected chi connectivity index (χ1v) is 8.89. The van der Waals surface area contributed by atoms with E-state index in [2.05, 4.69) is 10.9 Å². The van der Waals surface area contributed by atoms with Gasteiger partial charge in [0.05, 0.1) is 5.54 Å². The molecule has 5 nitrogen and oxygen atoms in total. The summed E-state index contributed by atoms with van der Waals surface area (Å²) in [5.74, 6) is 0.679. The van der Waals surface area contributed by atoms with Gasteiger partial charge in [0.1, 0.15) is 5.82 Å². The molecule has 4 N–H and O–H groups in total. The van der Waals surface area contributed by atoms with Crippen LogP contribution >= 0.6 is 0 Å². The maximum atomic E-state index is 13.6. The Hall–Kier alpha value is -1.50. The van der Waals surface area contributed by atoms with E-state index >= 15 is 0 Å². The van der Waals surface area contributed by atoms with Gasteiger partial charge >= 0.3 is 0 Å². The fourth-order valence-corrected chi connectivity index (χ4v) is 4.15. The fourth-order valence-electron chi connectivity index (χ4n) is 4.15. The number of likely N-dealkylation sites (tertiary alicyclic amines) is 1. The van der Waals surface area contributed by atoms with Crippen molar-refractivity contribution < 1.29 is 9.18 Å². The van der Waals surface area contributed by atoms with Crippen LogP contribution in [0, 0.1) is 11.7 Å². The molecule has 1 amide bonds. The van der Waals surface area contributed by atoms with Crippen molar-refractivity contribution >= 4 is 5.91 Å². The third kappa shape index (κ3) is 2.94. The first kappa shape index (κ1) is 16.0. The summed E-state index contributed by atoms with van der Waals surface area (Å²) in [6.07, 6.45) is 3.57. The molecule has 1 saturated carbocycles. The highest BCUT2D eigenvalue weighted by Gasteiger charge is 2.49. The number of hydrogen-bond donors (Lipinski definition) is 3. The molecule has 1 aromatic rings. The normalized spacial score (nSPS) is 29.7. The average Bonchev–Trinajstić information content (AvgIpc) is 3.16. The highest BCUT2D eigenvalue weighted by atomic mass is 19.1. The van der Waals surface area contributed by atoms with E-state index in [1.165, 1.54) is 6.07 Å². The summed E-state index contributed by atoms with van der Waals surface area (Å²) in [5.41, 5.74) is 13.1. The number of nitrogens with one attached hydrogen (secondary N) is 2. The summed E-state index contributed by atoms with van der Waals surface area (Å²) in [6.45, 7) is 2.35. The van der Waals surface area contributed by atoms with Gasteiger partial charge in [0.2, 0.25) is 5.91 Å². The van der Waals surface area contributed by atoms with Gasteiger partial charge in [-0.15, -0.1) is 0 Å². The molecular weight excluding hydrogens is 307 g/mol. The lowest BCUT2D eigenvalue weighted by Gasteiger charge is -2.37. The minimum absolute atomic E-state index is 0.125. The van der Waals surface area contributed by atoms with E-state index in [1.807, 2.05) is 11.0 Å². The van der Waals surface area contributed by atoms with Gasteiger partial charge in [0.15, 0.2) is 0 Å². The molecule has 6 heteroatoms. The second-order valence-corrected chi connectivity index (χ2v) is 7.50. The van der Waals surface area contributed by atoms with Gasteiger partial charge < -0.3 is 10.6 Å². The molecular formula is C18H25FN4O. The number of carbonyl (C=O) groups is 1. The SMILES string of the molecule is NC1(C(=O)N2CCC(C3NNCC3c3cccc(F)c3)CC2)CC1. The maximum absolute atomic E-state index is 13.6. The molecule has 0 bridgehead atoms. The number of piperidine rings is 1. The molecule has 2 aliphatic heterocycles. The van der Waals surface area contributed by atoms with Crippen molar-refractivity contribution in [3.8, 4) is 0 Å². The van der Waals surface area contributed by atoms with Gasteiger partial charge in [0, 0.05) is 31.6 Å². The van der Waals surface area contributed by atoms with Gasteiger partial charge in [-0.3, -0.25) is 15.6 Å². The van der Waals surface area contributed by atoms with Crippen molar-refractivity contribution in [2.45, 2.75) is 43.2 Å². The summed E-state index contributed by atoms with van der Waals surface area (Å²) in [5, 5.41) is 0. The molecule has 2 unspecified atom stereocenters. The second-order valence-electron chi connectivity index (χ2n) is 7.50. The van der Waals surface area contributed by atoms with Crippen molar-refractivity contribution in [3.63, 3.8) is 0 Å². The van der Waals surface area contributed by atoms with Crippen LogP contribution in [-0.2, 0) is 4.79 Å². The second kappa shape index (κ2) is 6.10. The molecule has 0 spiro atoms. The monoisotopic (exact) mass is 332 g/mol. The molecule has 3 fully saturated rings. The Morgan fingerprint density at radius 1 is 1.29 bits per heavy atom. The Morgan fingerprint density at radius 3 is 2.71 bits per heavy atom. The number of nitrogens with two attached hydrogens (primary N) is 1. The third-order valence-corrected chi connectivity index (χ3v) is 5.85. The Morgan fingerprint density at radius 2 is 2.04 bits per heavy atom. The topological polar surface area (TPSA) is 70.4 Å². The Bertz CT molecular complexity index is 625. The predicted octanol–water partition coefficient (Wildman–Crippen LogP) is 1.12.